The summed E-state index contributed by atoms with van der Waals surface area (Å²) in [4.78, 5) is 20.0. The number of aromatic nitrogens is 2. The van der Waals surface area contributed by atoms with Crippen LogP contribution in [0.1, 0.15) is 44.6 Å². The summed E-state index contributed by atoms with van der Waals surface area (Å²) in [5, 5.41) is 1.58. The van der Waals surface area contributed by atoms with Crippen molar-refractivity contribution in [3.8, 4) is 0 Å². The summed E-state index contributed by atoms with van der Waals surface area (Å²) in [5.41, 5.74) is 1.98. The molecule has 0 spiro atoms. The maximum atomic E-state index is 13.2. The molecule has 0 saturated carbocycles. The zero-order chi connectivity index (χ0) is 17.5. The first kappa shape index (κ1) is 17.7. The van der Waals surface area contributed by atoms with E-state index in [1.165, 1.54) is 0 Å². The Balaban J connectivity index is 2.23. The number of rotatable bonds is 5. The Kier molecular flexibility index (Phi) is 4.91. The van der Waals surface area contributed by atoms with Gasteiger partial charge in [-0.25, -0.2) is 4.98 Å². The predicted octanol–water partition coefficient (Wildman–Crippen LogP) is 4.39. The molecule has 0 aromatic carbocycles. The summed E-state index contributed by atoms with van der Waals surface area (Å²) in [6.45, 7) is 13.4. The van der Waals surface area contributed by atoms with Crippen molar-refractivity contribution in [2.24, 2.45) is 0 Å². The van der Waals surface area contributed by atoms with Crippen LogP contribution in [-0.2, 0) is 24.3 Å². The molecule has 0 bridgehead atoms. The van der Waals surface area contributed by atoms with Crippen LogP contribution in [0.3, 0.4) is 0 Å². The van der Waals surface area contributed by atoms with Gasteiger partial charge in [-0.3, -0.25) is 9.36 Å². The van der Waals surface area contributed by atoms with Crippen LogP contribution < -0.4 is 5.56 Å². The van der Waals surface area contributed by atoms with E-state index in [4.69, 9.17) is 9.72 Å². The highest BCUT2D eigenvalue weighted by molar-refractivity contribution is 7.99. The molecule has 3 rings (SSSR count). The molecule has 0 fully saturated rings. The molecule has 130 valence electrons. The number of nitrogens with zero attached hydrogens (tertiary/aromatic N) is 2. The molecule has 4 nitrogen and oxygen atoms in total. The first-order valence-corrected chi connectivity index (χ1v) is 10.1. The number of thiophene rings is 1. The fraction of sp³-hybridized carbons (Fsp3) is 0.556. The lowest BCUT2D eigenvalue weighted by atomic mass is 9.90. The lowest BCUT2D eigenvalue weighted by molar-refractivity contribution is -0.0543. The van der Waals surface area contributed by atoms with E-state index in [-0.39, 0.29) is 11.2 Å². The second kappa shape index (κ2) is 6.65. The van der Waals surface area contributed by atoms with Gasteiger partial charge in [0.15, 0.2) is 5.16 Å². The van der Waals surface area contributed by atoms with Gasteiger partial charge in [-0.2, -0.15) is 0 Å². The standard InChI is InChI=1S/C18H24N2O2S2/c1-6-18(5)8-12-13(10-22-18)24-15-14(12)16(21)20(9-11(3)4)17(19-15)23-7-2/h3,6-10H2,1-2,4-5H3. The lowest BCUT2D eigenvalue weighted by Crippen LogP contribution is -2.34. The van der Waals surface area contributed by atoms with Gasteiger partial charge in [0.05, 0.1) is 17.6 Å². The molecule has 0 amide bonds. The zero-order valence-corrected chi connectivity index (χ0v) is 16.4. The number of fused-ring (bicyclic) bond motifs is 3. The van der Waals surface area contributed by atoms with Gasteiger partial charge in [0.25, 0.3) is 5.56 Å². The first-order valence-electron chi connectivity index (χ1n) is 8.34. The summed E-state index contributed by atoms with van der Waals surface area (Å²) in [6, 6.07) is 0. The molecule has 2 aromatic rings. The van der Waals surface area contributed by atoms with Crippen LogP contribution >= 0.6 is 23.1 Å². The van der Waals surface area contributed by atoms with Gasteiger partial charge >= 0.3 is 0 Å². The molecular formula is C18H24N2O2S2. The van der Waals surface area contributed by atoms with Crippen molar-refractivity contribution in [3.05, 3.63) is 32.9 Å². The van der Waals surface area contributed by atoms with Gasteiger partial charge in [0, 0.05) is 17.8 Å². The third-order valence-corrected chi connectivity index (χ3v) is 6.47. The second-order valence-electron chi connectivity index (χ2n) is 6.63. The summed E-state index contributed by atoms with van der Waals surface area (Å²) < 4.78 is 7.82. The third kappa shape index (κ3) is 3.07. The Morgan fingerprint density at radius 2 is 2.25 bits per heavy atom. The topological polar surface area (TPSA) is 44.1 Å². The van der Waals surface area contributed by atoms with E-state index in [2.05, 4.69) is 27.4 Å². The highest BCUT2D eigenvalue weighted by Gasteiger charge is 2.33. The molecule has 3 heterocycles. The van der Waals surface area contributed by atoms with Gasteiger partial charge < -0.3 is 4.74 Å². The van der Waals surface area contributed by atoms with Crippen molar-refractivity contribution in [2.75, 3.05) is 5.75 Å². The molecule has 1 aliphatic rings. The molecule has 0 radical (unpaired) electrons. The van der Waals surface area contributed by atoms with E-state index < -0.39 is 0 Å². The van der Waals surface area contributed by atoms with Crippen LogP contribution in [0.4, 0.5) is 0 Å². The summed E-state index contributed by atoms with van der Waals surface area (Å²) in [5.74, 6) is 0.885. The summed E-state index contributed by atoms with van der Waals surface area (Å²) in [7, 11) is 0. The Morgan fingerprint density at radius 3 is 2.88 bits per heavy atom. The van der Waals surface area contributed by atoms with E-state index in [1.54, 1.807) is 27.7 Å². The van der Waals surface area contributed by atoms with E-state index in [9.17, 15) is 4.79 Å². The first-order chi connectivity index (χ1) is 11.4. The largest absolute Gasteiger partial charge is 0.369 e. The van der Waals surface area contributed by atoms with Crippen LogP contribution in [0.5, 0.6) is 0 Å². The molecule has 0 saturated heterocycles. The predicted molar refractivity (Wildman–Crippen MR) is 102 cm³/mol. The highest BCUT2D eigenvalue weighted by atomic mass is 32.2. The van der Waals surface area contributed by atoms with Crippen molar-refractivity contribution in [3.63, 3.8) is 0 Å². The molecule has 1 aliphatic heterocycles. The minimum atomic E-state index is -0.191. The van der Waals surface area contributed by atoms with Crippen molar-refractivity contribution in [1.82, 2.24) is 9.55 Å². The minimum absolute atomic E-state index is 0.0665. The smallest absolute Gasteiger partial charge is 0.263 e. The normalized spacial score (nSPS) is 20.3. The number of hydrogen-bond acceptors (Lipinski definition) is 5. The van der Waals surface area contributed by atoms with E-state index in [0.717, 1.165) is 50.0 Å². The molecule has 1 unspecified atom stereocenters. The number of hydrogen-bond donors (Lipinski definition) is 0. The molecule has 0 aliphatic carbocycles. The molecule has 2 aromatic heterocycles. The maximum absolute atomic E-state index is 13.2. The Morgan fingerprint density at radius 1 is 1.50 bits per heavy atom. The number of ether oxygens (including phenoxy) is 1. The van der Waals surface area contributed by atoms with Gasteiger partial charge in [0.2, 0.25) is 0 Å². The Labute approximate surface area is 150 Å². The van der Waals surface area contributed by atoms with Gasteiger partial charge in [0.1, 0.15) is 4.83 Å². The van der Waals surface area contributed by atoms with Crippen LogP contribution in [-0.4, -0.2) is 20.9 Å². The second-order valence-corrected chi connectivity index (χ2v) is 8.94. The van der Waals surface area contributed by atoms with Crippen LogP contribution in [0, 0.1) is 0 Å². The Bertz CT molecular complexity index is 853. The van der Waals surface area contributed by atoms with Gasteiger partial charge in [-0.05, 0) is 31.6 Å². The van der Waals surface area contributed by atoms with Crippen LogP contribution in [0.15, 0.2) is 22.1 Å². The summed E-state index contributed by atoms with van der Waals surface area (Å²) >= 11 is 3.22. The minimum Gasteiger partial charge on any atom is -0.369 e. The highest BCUT2D eigenvalue weighted by Crippen LogP contribution is 2.38. The average molecular weight is 365 g/mol. The van der Waals surface area contributed by atoms with Crippen molar-refractivity contribution >= 4 is 33.3 Å². The summed E-state index contributed by atoms with van der Waals surface area (Å²) in [6.07, 6.45) is 1.71. The average Bonchev–Trinajstić information content (AvgIpc) is 2.88. The van der Waals surface area contributed by atoms with Crippen molar-refractivity contribution < 1.29 is 4.74 Å². The van der Waals surface area contributed by atoms with Crippen LogP contribution in [0.2, 0.25) is 0 Å². The molecule has 6 heteroatoms. The third-order valence-electron chi connectivity index (χ3n) is 4.51. The fourth-order valence-corrected chi connectivity index (χ4v) is 4.88. The molecule has 24 heavy (non-hydrogen) atoms. The van der Waals surface area contributed by atoms with Gasteiger partial charge in [-0.1, -0.05) is 37.8 Å². The SMILES string of the molecule is C=C(C)Cn1c(SCC)nc2sc3c(c2c1=O)CC(C)(CC)OC3. The van der Waals surface area contributed by atoms with Crippen molar-refractivity contribution in [1.29, 1.82) is 0 Å². The number of thioether (sulfide) groups is 1. The molecule has 1 atom stereocenters. The van der Waals surface area contributed by atoms with Crippen molar-refractivity contribution in [2.45, 2.75) is 64.4 Å². The fourth-order valence-electron chi connectivity index (χ4n) is 3.01. The quantitative estimate of drug-likeness (QED) is 0.448. The Hall–Kier alpha value is -1.11. The molecular weight excluding hydrogens is 340 g/mol. The molecule has 0 N–H and O–H groups in total. The van der Waals surface area contributed by atoms with Gasteiger partial charge in [-0.15, -0.1) is 11.3 Å². The number of allylic oxidation sites excluding steroid dienone is 1. The zero-order valence-electron chi connectivity index (χ0n) is 14.8. The van der Waals surface area contributed by atoms with E-state index in [0.29, 0.717) is 13.2 Å². The maximum Gasteiger partial charge on any atom is 0.263 e. The monoisotopic (exact) mass is 364 g/mol. The van der Waals surface area contributed by atoms with E-state index in [1.807, 2.05) is 6.92 Å². The lowest BCUT2D eigenvalue weighted by Gasteiger charge is -2.32. The van der Waals surface area contributed by atoms with E-state index >= 15 is 0 Å². The van der Waals surface area contributed by atoms with Crippen LogP contribution in [0.25, 0.3) is 10.2 Å².